The molecule has 0 aromatic heterocycles. The maximum atomic E-state index is 13.2. The molecule has 2 aromatic rings. The van der Waals surface area contributed by atoms with Crippen LogP contribution in [0.25, 0.3) is 5.57 Å². The number of carbonyl (C=O) groups excluding carboxylic acids is 1. The van der Waals surface area contributed by atoms with Crippen LogP contribution in [0.15, 0.2) is 48.7 Å². The number of halogens is 1. The number of fused-ring (bicyclic) bond motifs is 1. The van der Waals surface area contributed by atoms with E-state index in [9.17, 15) is 9.18 Å². The van der Waals surface area contributed by atoms with E-state index in [2.05, 4.69) is 27.7 Å². The third kappa shape index (κ3) is 2.73. The van der Waals surface area contributed by atoms with Gasteiger partial charge in [-0.25, -0.2) is 4.39 Å². The van der Waals surface area contributed by atoms with Gasteiger partial charge in [0, 0.05) is 36.2 Å². The Morgan fingerprint density at radius 3 is 2.58 bits per heavy atom. The molecular formula is C19H18FN3O. The number of carbonyl (C=O) groups is 1. The molecule has 122 valence electrons. The number of anilines is 3. The molecule has 2 aliphatic heterocycles. The van der Waals surface area contributed by atoms with E-state index in [-0.39, 0.29) is 11.7 Å². The molecule has 1 amide bonds. The molecule has 0 radical (unpaired) electrons. The van der Waals surface area contributed by atoms with Crippen LogP contribution in [0.3, 0.4) is 0 Å². The first kappa shape index (κ1) is 14.8. The first-order chi connectivity index (χ1) is 11.7. The topological polar surface area (TPSA) is 44.4 Å². The summed E-state index contributed by atoms with van der Waals surface area (Å²) < 4.78 is 13.2. The maximum absolute atomic E-state index is 13.2. The van der Waals surface area contributed by atoms with Crippen LogP contribution < -0.4 is 15.5 Å². The molecule has 2 aromatic carbocycles. The minimum Gasteiger partial charge on any atom is -0.372 e. The number of benzene rings is 2. The van der Waals surface area contributed by atoms with E-state index < -0.39 is 0 Å². The fourth-order valence-corrected chi connectivity index (χ4v) is 3.21. The summed E-state index contributed by atoms with van der Waals surface area (Å²) in [5, 5.41) is 5.83. The fourth-order valence-electron chi connectivity index (χ4n) is 3.21. The molecule has 0 spiro atoms. The van der Waals surface area contributed by atoms with Gasteiger partial charge in [-0.3, -0.25) is 4.79 Å². The standard InChI is InChI=1S/C19H18FN3O/c20-13-3-8-16-17(19(24)22-18(16)11-13)12-21-14-4-6-15(7-5-14)23-9-1-2-10-23/h3-8,11-12,21H,1-2,9-10H2,(H,22,24). The summed E-state index contributed by atoms with van der Waals surface area (Å²) in [7, 11) is 0. The van der Waals surface area contributed by atoms with E-state index in [0.29, 0.717) is 16.8 Å². The van der Waals surface area contributed by atoms with Crippen molar-refractivity contribution in [3.63, 3.8) is 0 Å². The molecule has 0 saturated carbocycles. The lowest BCUT2D eigenvalue weighted by molar-refractivity contribution is -0.110. The van der Waals surface area contributed by atoms with Crippen LogP contribution in [0.1, 0.15) is 18.4 Å². The minimum absolute atomic E-state index is 0.225. The Balaban J connectivity index is 1.52. The van der Waals surface area contributed by atoms with E-state index in [1.165, 1.54) is 30.7 Å². The first-order valence-electron chi connectivity index (χ1n) is 8.14. The quantitative estimate of drug-likeness (QED) is 0.844. The Kier molecular flexibility index (Phi) is 3.69. The van der Waals surface area contributed by atoms with Gasteiger partial charge in [-0.05, 0) is 55.3 Å². The fraction of sp³-hybridized carbons (Fsp3) is 0.211. The van der Waals surface area contributed by atoms with Crippen molar-refractivity contribution in [2.75, 3.05) is 28.6 Å². The van der Waals surface area contributed by atoms with Gasteiger partial charge in [-0.2, -0.15) is 0 Å². The molecule has 5 heteroatoms. The van der Waals surface area contributed by atoms with Crippen molar-refractivity contribution in [3.8, 4) is 0 Å². The normalized spacial score (nSPS) is 18.0. The Labute approximate surface area is 140 Å². The summed E-state index contributed by atoms with van der Waals surface area (Å²) in [6.45, 7) is 2.23. The third-order valence-corrected chi connectivity index (χ3v) is 4.49. The van der Waals surface area contributed by atoms with Crippen molar-refractivity contribution in [2.24, 2.45) is 0 Å². The molecule has 4 nitrogen and oxygen atoms in total. The number of nitrogens with one attached hydrogen (secondary N) is 2. The molecular weight excluding hydrogens is 305 g/mol. The highest BCUT2D eigenvalue weighted by molar-refractivity contribution is 6.31. The SMILES string of the molecule is O=C1Nc2cc(F)ccc2C1=CNc1ccc(N2CCCC2)cc1. The Hall–Kier alpha value is -2.82. The van der Waals surface area contributed by atoms with Crippen molar-refractivity contribution < 1.29 is 9.18 Å². The Morgan fingerprint density at radius 2 is 1.83 bits per heavy atom. The molecule has 0 unspecified atom stereocenters. The lowest BCUT2D eigenvalue weighted by Gasteiger charge is -2.17. The molecule has 1 fully saturated rings. The van der Waals surface area contributed by atoms with Crippen LogP contribution in [0.2, 0.25) is 0 Å². The van der Waals surface area contributed by atoms with Crippen molar-refractivity contribution in [1.82, 2.24) is 0 Å². The highest BCUT2D eigenvalue weighted by Crippen LogP contribution is 2.32. The average Bonchev–Trinajstić information content (AvgIpc) is 3.21. The van der Waals surface area contributed by atoms with Gasteiger partial charge in [0.1, 0.15) is 5.82 Å². The molecule has 0 aliphatic carbocycles. The van der Waals surface area contributed by atoms with Gasteiger partial charge in [0.2, 0.25) is 0 Å². The van der Waals surface area contributed by atoms with Crippen molar-refractivity contribution in [2.45, 2.75) is 12.8 Å². The van der Waals surface area contributed by atoms with E-state index in [1.54, 1.807) is 12.3 Å². The van der Waals surface area contributed by atoms with E-state index in [1.807, 2.05) is 12.1 Å². The van der Waals surface area contributed by atoms with Gasteiger partial charge in [-0.15, -0.1) is 0 Å². The molecule has 24 heavy (non-hydrogen) atoms. The zero-order chi connectivity index (χ0) is 16.5. The number of hydrogen-bond donors (Lipinski definition) is 2. The maximum Gasteiger partial charge on any atom is 0.257 e. The van der Waals surface area contributed by atoms with Crippen molar-refractivity contribution in [1.29, 1.82) is 0 Å². The summed E-state index contributed by atoms with van der Waals surface area (Å²) >= 11 is 0. The number of hydrogen-bond acceptors (Lipinski definition) is 3. The highest BCUT2D eigenvalue weighted by Gasteiger charge is 2.24. The second-order valence-electron chi connectivity index (χ2n) is 6.09. The molecule has 2 aliphatic rings. The van der Waals surface area contributed by atoms with Gasteiger partial charge >= 0.3 is 0 Å². The number of amides is 1. The smallest absolute Gasteiger partial charge is 0.257 e. The predicted molar refractivity (Wildman–Crippen MR) is 94.5 cm³/mol. The van der Waals surface area contributed by atoms with Crippen molar-refractivity contribution >= 4 is 28.5 Å². The zero-order valence-electron chi connectivity index (χ0n) is 13.2. The number of rotatable bonds is 3. The molecule has 0 atom stereocenters. The number of nitrogens with zero attached hydrogens (tertiary/aromatic N) is 1. The van der Waals surface area contributed by atoms with Gasteiger partial charge < -0.3 is 15.5 Å². The van der Waals surface area contributed by atoms with Crippen molar-refractivity contribution in [3.05, 3.63) is 60.0 Å². The van der Waals surface area contributed by atoms with Crippen LogP contribution in [-0.2, 0) is 4.79 Å². The summed E-state index contributed by atoms with van der Waals surface area (Å²) in [6.07, 6.45) is 4.17. The molecule has 1 saturated heterocycles. The largest absolute Gasteiger partial charge is 0.372 e. The summed E-state index contributed by atoms with van der Waals surface area (Å²) in [5.74, 6) is -0.586. The lowest BCUT2D eigenvalue weighted by atomic mass is 10.1. The van der Waals surface area contributed by atoms with Gasteiger partial charge in [0.25, 0.3) is 5.91 Å². The van der Waals surface area contributed by atoms with Gasteiger partial charge in [0.05, 0.1) is 11.3 Å². The molecule has 2 heterocycles. The van der Waals surface area contributed by atoms with Crippen LogP contribution in [0, 0.1) is 5.82 Å². The van der Waals surface area contributed by atoms with E-state index >= 15 is 0 Å². The van der Waals surface area contributed by atoms with Crippen LogP contribution in [-0.4, -0.2) is 19.0 Å². The Bertz CT molecular complexity index is 808. The lowest BCUT2D eigenvalue weighted by Crippen LogP contribution is -2.17. The third-order valence-electron chi connectivity index (χ3n) is 4.49. The molecule has 4 rings (SSSR count). The van der Waals surface area contributed by atoms with Crippen LogP contribution in [0.4, 0.5) is 21.5 Å². The van der Waals surface area contributed by atoms with Crippen LogP contribution in [0.5, 0.6) is 0 Å². The predicted octanol–water partition coefficient (Wildman–Crippen LogP) is 3.83. The second kappa shape index (κ2) is 6.00. The van der Waals surface area contributed by atoms with Gasteiger partial charge in [0.15, 0.2) is 0 Å². The monoisotopic (exact) mass is 323 g/mol. The van der Waals surface area contributed by atoms with Crippen LogP contribution >= 0.6 is 0 Å². The van der Waals surface area contributed by atoms with E-state index in [4.69, 9.17) is 0 Å². The molecule has 2 N–H and O–H groups in total. The average molecular weight is 323 g/mol. The second-order valence-corrected chi connectivity index (χ2v) is 6.09. The minimum atomic E-state index is -0.360. The highest BCUT2D eigenvalue weighted by atomic mass is 19.1. The van der Waals surface area contributed by atoms with Gasteiger partial charge in [-0.1, -0.05) is 0 Å². The summed E-state index contributed by atoms with van der Waals surface area (Å²) in [4.78, 5) is 14.4. The Morgan fingerprint density at radius 1 is 1.08 bits per heavy atom. The summed E-state index contributed by atoms with van der Waals surface area (Å²) in [5.41, 5.74) is 3.87. The first-order valence-corrected chi connectivity index (χ1v) is 8.14. The van der Waals surface area contributed by atoms with E-state index in [0.717, 1.165) is 18.8 Å². The molecule has 0 bridgehead atoms. The summed E-state index contributed by atoms with van der Waals surface area (Å²) in [6, 6.07) is 12.5. The zero-order valence-corrected chi connectivity index (χ0v) is 13.2.